The van der Waals surface area contributed by atoms with E-state index in [0.717, 1.165) is 6.20 Å². The third-order valence-corrected chi connectivity index (χ3v) is 2.34. The third-order valence-electron chi connectivity index (χ3n) is 2.34. The fourth-order valence-electron chi connectivity index (χ4n) is 1.38. The number of aromatic carboxylic acids is 1. The Morgan fingerprint density at radius 3 is 2.67 bits per heavy atom. The van der Waals surface area contributed by atoms with Crippen LogP contribution in [0.15, 0.2) is 18.3 Å². The van der Waals surface area contributed by atoms with Gasteiger partial charge in [0.15, 0.2) is 0 Å². The first-order valence-corrected chi connectivity index (χ1v) is 5.30. The predicted octanol–water partition coefficient (Wildman–Crippen LogP) is 1.01. The highest BCUT2D eigenvalue weighted by Crippen LogP contribution is 2.05. The van der Waals surface area contributed by atoms with E-state index in [2.05, 4.69) is 4.98 Å². The molecule has 1 rings (SSSR count). The van der Waals surface area contributed by atoms with Crippen LogP contribution < -0.4 is 0 Å². The van der Waals surface area contributed by atoms with E-state index in [9.17, 15) is 9.59 Å². The van der Waals surface area contributed by atoms with Crippen molar-refractivity contribution >= 4 is 11.9 Å². The Morgan fingerprint density at radius 2 is 2.22 bits per heavy atom. The molecule has 6 nitrogen and oxygen atoms in total. The lowest BCUT2D eigenvalue weighted by atomic mass is 10.2. The number of carbonyl (C=O) groups is 2. The number of amides is 1. The molecule has 0 radical (unpaired) electrons. The number of carboxylic acids is 1. The zero-order chi connectivity index (χ0) is 13.7. The van der Waals surface area contributed by atoms with Crippen molar-refractivity contribution in [3.05, 3.63) is 29.6 Å². The van der Waals surface area contributed by atoms with Crippen molar-refractivity contribution in [2.24, 2.45) is 5.92 Å². The number of hydrogen-bond acceptors (Lipinski definition) is 4. The second-order valence-corrected chi connectivity index (χ2v) is 3.95. The summed E-state index contributed by atoms with van der Waals surface area (Å²) in [5.41, 5.74) is 0.187. The van der Waals surface area contributed by atoms with Gasteiger partial charge in [-0.2, -0.15) is 5.26 Å². The number of pyridine rings is 1. The fourth-order valence-corrected chi connectivity index (χ4v) is 1.38. The van der Waals surface area contributed by atoms with Gasteiger partial charge in [-0.05, 0) is 19.1 Å². The fraction of sp³-hybridized carbons (Fsp3) is 0.333. The van der Waals surface area contributed by atoms with Gasteiger partial charge in [-0.1, -0.05) is 0 Å². The zero-order valence-corrected chi connectivity index (χ0v) is 10.1. The lowest BCUT2D eigenvalue weighted by molar-refractivity contribution is 0.0694. The summed E-state index contributed by atoms with van der Waals surface area (Å²) in [5, 5.41) is 17.4. The molecule has 6 heteroatoms. The van der Waals surface area contributed by atoms with E-state index in [4.69, 9.17) is 10.4 Å². The van der Waals surface area contributed by atoms with Crippen LogP contribution in [0.5, 0.6) is 0 Å². The van der Waals surface area contributed by atoms with Gasteiger partial charge in [0.1, 0.15) is 5.69 Å². The molecule has 0 bridgehead atoms. The van der Waals surface area contributed by atoms with E-state index in [1.54, 1.807) is 14.0 Å². The normalized spacial score (nSPS) is 11.4. The van der Waals surface area contributed by atoms with Crippen LogP contribution in [0.25, 0.3) is 0 Å². The highest BCUT2D eigenvalue weighted by Gasteiger charge is 2.15. The molecule has 0 aromatic carbocycles. The van der Waals surface area contributed by atoms with Crippen molar-refractivity contribution < 1.29 is 14.7 Å². The van der Waals surface area contributed by atoms with Crippen molar-refractivity contribution in [2.45, 2.75) is 6.92 Å². The third kappa shape index (κ3) is 3.28. The summed E-state index contributed by atoms with van der Waals surface area (Å²) in [6.07, 6.45) is 1.14. The van der Waals surface area contributed by atoms with Crippen molar-refractivity contribution in [3.8, 4) is 6.07 Å². The van der Waals surface area contributed by atoms with E-state index in [0.29, 0.717) is 6.54 Å². The van der Waals surface area contributed by atoms with Crippen LogP contribution in [-0.4, -0.2) is 40.5 Å². The van der Waals surface area contributed by atoms with E-state index >= 15 is 0 Å². The van der Waals surface area contributed by atoms with Crippen molar-refractivity contribution in [3.63, 3.8) is 0 Å². The van der Waals surface area contributed by atoms with Crippen LogP contribution >= 0.6 is 0 Å². The molecule has 1 unspecified atom stereocenters. The number of aromatic nitrogens is 1. The van der Waals surface area contributed by atoms with Crippen molar-refractivity contribution in [1.82, 2.24) is 9.88 Å². The van der Waals surface area contributed by atoms with Gasteiger partial charge >= 0.3 is 5.97 Å². The Labute approximate surface area is 104 Å². The summed E-state index contributed by atoms with van der Waals surface area (Å²) in [6.45, 7) is 2.02. The number of carboxylic acid groups (broad SMARTS) is 1. The molecule has 1 aromatic rings. The molecule has 0 fully saturated rings. The summed E-state index contributed by atoms with van der Waals surface area (Å²) in [7, 11) is 1.57. The standard InChI is InChI=1S/C12H13N3O3/c1-8(5-13)7-15(2)11(16)10-4-3-9(6-14-10)12(17)18/h3-4,6,8H,7H2,1-2H3,(H,17,18). The van der Waals surface area contributed by atoms with Crippen molar-refractivity contribution in [2.75, 3.05) is 13.6 Å². The average Bonchev–Trinajstić information content (AvgIpc) is 2.37. The van der Waals surface area contributed by atoms with E-state index in [1.165, 1.54) is 17.0 Å². The van der Waals surface area contributed by atoms with E-state index in [-0.39, 0.29) is 23.1 Å². The number of nitrogens with zero attached hydrogens (tertiary/aromatic N) is 3. The monoisotopic (exact) mass is 247 g/mol. The molecule has 94 valence electrons. The summed E-state index contributed by atoms with van der Waals surface area (Å²) in [5.74, 6) is -1.70. The van der Waals surface area contributed by atoms with Gasteiger partial charge in [-0.25, -0.2) is 4.79 Å². The molecular weight excluding hydrogens is 234 g/mol. The van der Waals surface area contributed by atoms with Gasteiger partial charge < -0.3 is 10.0 Å². The minimum atomic E-state index is -1.09. The first-order valence-electron chi connectivity index (χ1n) is 5.30. The molecular formula is C12H13N3O3. The smallest absolute Gasteiger partial charge is 0.337 e. The highest BCUT2D eigenvalue weighted by molar-refractivity contribution is 5.93. The zero-order valence-electron chi connectivity index (χ0n) is 10.1. The molecule has 0 saturated carbocycles. The number of hydrogen-bond donors (Lipinski definition) is 1. The van der Waals surface area contributed by atoms with Gasteiger partial charge in [0.05, 0.1) is 17.6 Å². The molecule has 0 aliphatic heterocycles. The van der Waals surface area contributed by atoms with Gasteiger partial charge in [0.2, 0.25) is 0 Å². The molecule has 1 aromatic heterocycles. The van der Waals surface area contributed by atoms with Crippen LogP contribution in [-0.2, 0) is 0 Å². The summed E-state index contributed by atoms with van der Waals surface area (Å²) in [4.78, 5) is 27.7. The highest BCUT2D eigenvalue weighted by atomic mass is 16.4. The Kier molecular flexibility index (Phi) is 4.38. The summed E-state index contributed by atoms with van der Waals surface area (Å²) >= 11 is 0. The SMILES string of the molecule is CC(C#N)CN(C)C(=O)c1ccc(C(=O)O)cn1. The first kappa shape index (κ1) is 13.6. The summed E-state index contributed by atoms with van der Waals surface area (Å²) < 4.78 is 0. The predicted molar refractivity (Wildman–Crippen MR) is 62.9 cm³/mol. The van der Waals surface area contributed by atoms with Gasteiger partial charge in [-0.15, -0.1) is 0 Å². The first-order chi connectivity index (χ1) is 8.45. The lowest BCUT2D eigenvalue weighted by Gasteiger charge is -2.17. The van der Waals surface area contributed by atoms with Gasteiger partial charge in [0.25, 0.3) is 5.91 Å². The quantitative estimate of drug-likeness (QED) is 0.856. The molecule has 0 spiro atoms. The molecule has 18 heavy (non-hydrogen) atoms. The Hall–Kier alpha value is -2.42. The number of nitriles is 1. The maximum absolute atomic E-state index is 11.9. The van der Waals surface area contributed by atoms with Gasteiger partial charge in [-0.3, -0.25) is 9.78 Å². The van der Waals surface area contributed by atoms with Crippen molar-refractivity contribution in [1.29, 1.82) is 5.26 Å². The maximum atomic E-state index is 11.9. The molecule has 0 aliphatic rings. The number of rotatable bonds is 4. The Balaban J connectivity index is 2.78. The molecule has 1 N–H and O–H groups in total. The molecule has 0 aliphatic carbocycles. The molecule has 1 heterocycles. The van der Waals surface area contributed by atoms with Crippen LogP contribution in [0.3, 0.4) is 0 Å². The minimum Gasteiger partial charge on any atom is -0.478 e. The molecule has 1 amide bonds. The summed E-state index contributed by atoms with van der Waals surface area (Å²) in [6, 6.07) is 4.72. The van der Waals surface area contributed by atoms with Crippen LogP contribution in [0.4, 0.5) is 0 Å². The Bertz CT molecular complexity index is 490. The molecule has 1 atom stereocenters. The van der Waals surface area contributed by atoms with E-state index in [1.807, 2.05) is 6.07 Å². The lowest BCUT2D eigenvalue weighted by Crippen LogP contribution is -2.31. The van der Waals surface area contributed by atoms with E-state index < -0.39 is 5.97 Å². The topological polar surface area (TPSA) is 94.3 Å². The maximum Gasteiger partial charge on any atom is 0.337 e. The second-order valence-electron chi connectivity index (χ2n) is 3.95. The second kappa shape index (κ2) is 5.77. The van der Waals surface area contributed by atoms with Crippen LogP contribution in [0, 0.1) is 17.2 Å². The average molecular weight is 247 g/mol. The van der Waals surface area contributed by atoms with Gasteiger partial charge in [0, 0.05) is 19.8 Å². The largest absolute Gasteiger partial charge is 0.478 e. The van der Waals surface area contributed by atoms with Crippen LogP contribution in [0.1, 0.15) is 27.8 Å². The molecule has 0 saturated heterocycles. The minimum absolute atomic E-state index is 0.0274. The van der Waals surface area contributed by atoms with Crippen LogP contribution in [0.2, 0.25) is 0 Å². The number of carbonyl (C=O) groups excluding carboxylic acids is 1. The Morgan fingerprint density at radius 1 is 1.56 bits per heavy atom.